The van der Waals surface area contributed by atoms with E-state index in [4.69, 9.17) is 9.84 Å². The molecule has 0 saturated carbocycles. The van der Waals surface area contributed by atoms with Crippen molar-refractivity contribution in [3.05, 3.63) is 28.2 Å². The number of hydrogen-bond donors (Lipinski definition) is 3. The fourth-order valence-electron chi connectivity index (χ4n) is 2.16. The third-order valence-electron chi connectivity index (χ3n) is 3.35. The van der Waals surface area contributed by atoms with Gasteiger partial charge in [-0.15, -0.1) is 0 Å². The number of carboxylic acid groups (broad SMARTS) is 1. The fourth-order valence-corrected chi connectivity index (χ4v) is 2.52. The molecule has 114 valence electrons. The van der Waals surface area contributed by atoms with Crippen molar-refractivity contribution in [1.29, 1.82) is 0 Å². The molecule has 1 fully saturated rings. The maximum absolute atomic E-state index is 11.9. The van der Waals surface area contributed by atoms with Crippen LogP contribution in [0.4, 0.5) is 10.5 Å². The lowest BCUT2D eigenvalue weighted by molar-refractivity contribution is 0.0670. The van der Waals surface area contributed by atoms with Crippen molar-refractivity contribution in [1.82, 2.24) is 5.32 Å². The summed E-state index contributed by atoms with van der Waals surface area (Å²) in [5.41, 5.74) is 0.320. The van der Waals surface area contributed by atoms with Crippen LogP contribution in [0.15, 0.2) is 22.7 Å². The summed E-state index contributed by atoms with van der Waals surface area (Å²) in [4.78, 5) is 23.0. The third kappa shape index (κ3) is 4.71. The van der Waals surface area contributed by atoms with Gasteiger partial charge in [0.1, 0.15) is 0 Å². The monoisotopic (exact) mass is 356 g/mol. The summed E-state index contributed by atoms with van der Waals surface area (Å²) in [5.74, 6) is -0.676. The molecule has 2 amide bonds. The van der Waals surface area contributed by atoms with Crippen LogP contribution in [0.2, 0.25) is 0 Å². The number of ether oxygens (including phenoxy) is 1. The maximum Gasteiger partial charge on any atom is 0.337 e. The quantitative estimate of drug-likeness (QED) is 0.773. The molecule has 21 heavy (non-hydrogen) atoms. The van der Waals surface area contributed by atoms with Crippen LogP contribution in [0.5, 0.6) is 0 Å². The molecule has 2 rings (SSSR count). The molecule has 3 N–H and O–H groups in total. The molecule has 0 spiro atoms. The Balaban J connectivity index is 1.91. The smallest absolute Gasteiger partial charge is 0.337 e. The first-order valence-electron chi connectivity index (χ1n) is 6.71. The number of nitrogens with one attached hydrogen (secondary N) is 2. The molecular weight excluding hydrogens is 340 g/mol. The number of rotatable bonds is 4. The molecule has 0 unspecified atom stereocenters. The van der Waals surface area contributed by atoms with Gasteiger partial charge in [-0.1, -0.05) is 15.9 Å². The zero-order chi connectivity index (χ0) is 15.2. The van der Waals surface area contributed by atoms with E-state index in [1.165, 1.54) is 6.07 Å². The van der Waals surface area contributed by atoms with Gasteiger partial charge >= 0.3 is 12.0 Å². The van der Waals surface area contributed by atoms with E-state index in [1.807, 2.05) is 0 Å². The lowest BCUT2D eigenvalue weighted by atomic mass is 10.0. The van der Waals surface area contributed by atoms with Gasteiger partial charge in [0.05, 0.1) is 11.3 Å². The first-order chi connectivity index (χ1) is 10.1. The minimum Gasteiger partial charge on any atom is -0.478 e. The molecule has 7 heteroatoms. The molecular formula is C14H17BrN2O4. The Kier molecular flexibility index (Phi) is 5.58. The third-order valence-corrected chi connectivity index (χ3v) is 3.85. The molecule has 6 nitrogen and oxygen atoms in total. The number of hydrogen-bond acceptors (Lipinski definition) is 3. The minimum atomic E-state index is -1.09. The first kappa shape index (κ1) is 15.8. The van der Waals surface area contributed by atoms with Gasteiger partial charge in [-0.05, 0) is 37.0 Å². The van der Waals surface area contributed by atoms with Crippen LogP contribution >= 0.6 is 15.9 Å². The summed E-state index contributed by atoms with van der Waals surface area (Å²) in [6.45, 7) is 2.02. The van der Waals surface area contributed by atoms with Gasteiger partial charge in [0.2, 0.25) is 0 Å². The Bertz CT molecular complexity index is 530. The van der Waals surface area contributed by atoms with Gasteiger partial charge in [-0.25, -0.2) is 9.59 Å². The second-order valence-corrected chi connectivity index (χ2v) is 5.80. The lowest BCUT2D eigenvalue weighted by Crippen LogP contribution is -2.35. The van der Waals surface area contributed by atoms with Crippen molar-refractivity contribution in [3.8, 4) is 0 Å². The second-order valence-electron chi connectivity index (χ2n) is 4.89. The van der Waals surface area contributed by atoms with Crippen molar-refractivity contribution in [2.45, 2.75) is 12.8 Å². The van der Waals surface area contributed by atoms with Crippen LogP contribution in [0.3, 0.4) is 0 Å². The van der Waals surface area contributed by atoms with Crippen LogP contribution < -0.4 is 10.6 Å². The van der Waals surface area contributed by atoms with E-state index in [-0.39, 0.29) is 11.3 Å². The van der Waals surface area contributed by atoms with E-state index >= 15 is 0 Å². The van der Waals surface area contributed by atoms with E-state index in [0.29, 0.717) is 16.9 Å². The second kappa shape index (κ2) is 7.42. The molecule has 1 aliphatic heterocycles. The summed E-state index contributed by atoms with van der Waals surface area (Å²) in [6, 6.07) is 4.30. The summed E-state index contributed by atoms with van der Waals surface area (Å²) < 4.78 is 5.90. The SMILES string of the molecule is O=C(NCC1CCOCC1)Nc1ccc(Br)cc1C(=O)O. The number of carbonyl (C=O) groups excluding carboxylic acids is 1. The topological polar surface area (TPSA) is 87.7 Å². The van der Waals surface area contributed by atoms with Crippen molar-refractivity contribution < 1.29 is 19.4 Å². The highest BCUT2D eigenvalue weighted by Crippen LogP contribution is 2.21. The Labute approximate surface area is 131 Å². The average Bonchev–Trinajstić information content (AvgIpc) is 2.48. The predicted molar refractivity (Wildman–Crippen MR) is 81.7 cm³/mol. The molecule has 0 bridgehead atoms. The van der Waals surface area contributed by atoms with Gasteiger partial charge in [-0.3, -0.25) is 0 Å². The van der Waals surface area contributed by atoms with E-state index in [0.717, 1.165) is 26.1 Å². The van der Waals surface area contributed by atoms with Crippen molar-refractivity contribution in [2.24, 2.45) is 5.92 Å². The van der Waals surface area contributed by atoms with Crippen LogP contribution in [-0.2, 0) is 4.74 Å². The summed E-state index contributed by atoms with van der Waals surface area (Å²) in [6.07, 6.45) is 1.86. The zero-order valence-electron chi connectivity index (χ0n) is 11.4. The van der Waals surface area contributed by atoms with Crippen LogP contribution in [0.1, 0.15) is 23.2 Å². The van der Waals surface area contributed by atoms with E-state index in [9.17, 15) is 9.59 Å². The number of aromatic carboxylic acids is 1. The molecule has 0 aliphatic carbocycles. The normalized spacial score (nSPS) is 15.5. The highest BCUT2D eigenvalue weighted by atomic mass is 79.9. The molecule has 1 aromatic rings. The minimum absolute atomic E-state index is 0.0468. The zero-order valence-corrected chi connectivity index (χ0v) is 13.0. The summed E-state index contributed by atoms with van der Waals surface area (Å²) in [5, 5.41) is 14.5. The average molecular weight is 357 g/mol. The molecule has 1 saturated heterocycles. The molecule has 1 heterocycles. The molecule has 0 radical (unpaired) electrons. The molecule has 0 atom stereocenters. The van der Waals surface area contributed by atoms with Crippen LogP contribution in [0, 0.1) is 5.92 Å². The number of carbonyl (C=O) groups is 2. The molecule has 1 aromatic carbocycles. The fraction of sp³-hybridized carbons (Fsp3) is 0.429. The Hall–Kier alpha value is -1.60. The Morgan fingerprint density at radius 3 is 2.71 bits per heavy atom. The van der Waals surface area contributed by atoms with Crippen molar-refractivity contribution in [3.63, 3.8) is 0 Å². The standard InChI is InChI=1S/C14H17BrN2O4/c15-10-1-2-12(11(7-10)13(18)19)17-14(20)16-8-9-3-5-21-6-4-9/h1-2,7,9H,3-6,8H2,(H,18,19)(H2,16,17,20). The van der Waals surface area contributed by atoms with Gasteiger partial charge in [0.25, 0.3) is 0 Å². The van der Waals surface area contributed by atoms with Gasteiger partial charge in [0, 0.05) is 24.2 Å². The van der Waals surface area contributed by atoms with Crippen LogP contribution in [-0.4, -0.2) is 36.9 Å². The summed E-state index contributed by atoms with van der Waals surface area (Å²) >= 11 is 3.21. The number of carboxylic acids is 1. The predicted octanol–water partition coefficient (Wildman–Crippen LogP) is 2.70. The Morgan fingerprint density at radius 2 is 2.05 bits per heavy atom. The largest absolute Gasteiger partial charge is 0.478 e. The van der Waals surface area contributed by atoms with E-state index in [1.54, 1.807) is 12.1 Å². The van der Waals surface area contributed by atoms with E-state index in [2.05, 4.69) is 26.6 Å². The maximum atomic E-state index is 11.9. The number of urea groups is 1. The van der Waals surface area contributed by atoms with E-state index < -0.39 is 12.0 Å². The highest BCUT2D eigenvalue weighted by Gasteiger charge is 2.16. The van der Waals surface area contributed by atoms with Gasteiger partial charge in [-0.2, -0.15) is 0 Å². The number of benzene rings is 1. The van der Waals surface area contributed by atoms with Crippen molar-refractivity contribution >= 4 is 33.6 Å². The molecule has 1 aliphatic rings. The summed E-state index contributed by atoms with van der Waals surface area (Å²) in [7, 11) is 0. The number of halogens is 1. The highest BCUT2D eigenvalue weighted by molar-refractivity contribution is 9.10. The van der Waals surface area contributed by atoms with Crippen LogP contribution in [0.25, 0.3) is 0 Å². The number of amides is 2. The van der Waals surface area contributed by atoms with Gasteiger partial charge in [0.15, 0.2) is 0 Å². The lowest BCUT2D eigenvalue weighted by Gasteiger charge is -2.22. The van der Waals surface area contributed by atoms with Gasteiger partial charge < -0.3 is 20.5 Å². The number of anilines is 1. The van der Waals surface area contributed by atoms with Crippen molar-refractivity contribution in [2.75, 3.05) is 25.1 Å². The first-order valence-corrected chi connectivity index (χ1v) is 7.51. The Morgan fingerprint density at radius 1 is 1.33 bits per heavy atom. The molecule has 0 aromatic heterocycles.